The van der Waals surface area contributed by atoms with Crippen molar-refractivity contribution in [3.8, 4) is 11.1 Å². The number of nitrogens with zero attached hydrogens (tertiary/aromatic N) is 3. The molecule has 0 fully saturated rings. The number of carbonyl (C=O) groups excluding carboxylic acids is 1. The van der Waals surface area contributed by atoms with Gasteiger partial charge in [0.2, 0.25) is 0 Å². The standard InChI is InChI=1S/C18H14N6O/c19-15-13(11-5-2-1-3-6-11)9-14-16(21-15)23-24-17(14)22-18(25)12-7-4-8-20-10-12/h1-10H,(H4,19,21,22,23,24,25). The Morgan fingerprint density at radius 1 is 1.12 bits per heavy atom. The molecule has 4 aromatic rings. The van der Waals surface area contributed by atoms with Crippen LogP contribution in [-0.2, 0) is 0 Å². The van der Waals surface area contributed by atoms with Gasteiger partial charge in [-0.25, -0.2) is 4.98 Å². The zero-order valence-corrected chi connectivity index (χ0v) is 13.1. The Bertz CT molecular complexity index is 1040. The molecule has 4 N–H and O–H groups in total. The summed E-state index contributed by atoms with van der Waals surface area (Å²) in [5, 5.41) is 10.4. The van der Waals surface area contributed by atoms with Crippen molar-refractivity contribution >= 4 is 28.6 Å². The number of rotatable bonds is 3. The lowest BCUT2D eigenvalue weighted by Crippen LogP contribution is -2.12. The number of anilines is 2. The number of nitrogens with two attached hydrogens (primary N) is 1. The highest BCUT2D eigenvalue weighted by Crippen LogP contribution is 2.30. The maximum atomic E-state index is 12.3. The average Bonchev–Trinajstić information content (AvgIpc) is 3.04. The first-order valence-electron chi connectivity index (χ1n) is 7.64. The molecule has 1 amide bonds. The lowest BCUT2D eigenvalue weighted by Gasteiger charge is -2.06. The highest BCUT2D eigenvalue weighted by atomic mass is 16.1. The Hall–Kier alpha value is -3.74. The van der Waals surface area contributed by atoms with Gasteiger partial charge in [0.05, 0.1) is 10.9 Å². The van der Waals surface area contributed by atoms with Gasteiger partial charge in [-0.15, -0.1) is 0 Å². The number of hydrogen-bond acceptors (Lipinski definition) is 5. The molecule has 25 heavy (non-hydrogen) atoms. The lowest BCUT2D eigenvalue weighted by molar-refractivity contribution is 0.102. The molecule has 4 rings (SSSR count). The summed E-state index contributed by atoms with van der Waals surface area (Å²) in [6, 6.07) is 15.0. The molecule has 122 valence electrons. The zero-order valence-electron chi connectivity index (χ0n) is 13.1. The Morgan fingerprint density at radius 3 is 2.72 bits per heavy atom. The second kappa shape index (κ2) is 6.04. The predicted octanol–water partition coefficient (Wildman–Crippen LogP) is 2.85. The molecule has 7 heteroatoms. The Balaban J connectivity index is 1.75. The molecule has 0 aliphatic carbocycles. The van der Waals surface area contributed by atoms with Gasteiger partial charge in [-0.1, -0.05) is 30.3 Å². The largest absolute Gasteiger partial charge is 0.383 e. The summed E-state index contributed by atoms with van der Waals surface area (Å²) in [6.07, 6.45) is 3.11. The van der Waals surface area contributed by atoms with Crippen molar-refractivity contribution in [1.29, 1.82) is 0 Å². The van der Waals surface area contributed by atoms with Gasteiger partial charge >= 0.3 is 0 Å². The number of pyridine rings is 2. The fourth-order valence-electron chi connectivity index (χ4n) is 2.58. The fraction of sp³-hybridized carbons (Fsp3) is 0. The molecular formula is C18H14N6O. The van der Waals surface area contributed by atoms with Gasteiger partial charge in [0.15, 0.2) is 11.5 Å². The number of carbonyl (C=O) groups is 1. The van der Waals surface area contributed by atoms with Gasteiger partial charge in [0, 0.05) is 18.0 Å². The van der Waals surface area contributed by atoms with Gasteiger partial charge in [-0.2, -0.15) is 5.10 Å². The van der Waals surface area contributed by atoms with Crippen molar-refractivity contribution in [2.24, 2.45) is 0 Å². The number of benzene rings is 1. The molecule has 0 bridgehead atoms. The van der Waals surface area contributed by atoms with E-state index in [1.54, 1.807) is 18.3 Å². The first-order valence-corrected chi connectivity index (χ1v) is 7.64. The van der Waals surface area contributed by atoms with Crippen LogP contribution in [0.2, 0.25) is 0 Å². The van der Waals surface area contributed by atoms with E-state index in [4.69, 9.17) is 5.73 Å². The Kier molecular flexibility index (Phi) is 3.59. The van der Waals surface area contributed by atoms with E-state index in [9.17, 15) is 4.79 Å². The number of nitrogens with one attached hydrogen (secondary N) is 2. The van der Waals surface area contributed by atoms with Gasteiger partial charge in [0.25, 0.3) is 5.91 Å². The minimum atomic E-state index is -0.292. The molecule has 0 saturated carbocycles. The molecule has 3 heterocycles. The van der Waals surface area contributed by atoms with Crippen LogP contribution in [0.1, 0.15) is 10.4 Å². The van der Waals surface area contributed by atoms with E-state index < -0.39 is 0 Å². The summed E-state index contributed by atoms with van der Waals surface area (Å²) in [4.78, 5) is 20.6. The van der Waals surface area contributed by atoms with Crippen LogP contribution < -0.4 is 11.1 Å². The third-order valence-electron chi connectivity index (χ3n) is 3.82. The zero-order chi connectivity index (χ0) is 17.2. The number of nitrogen functional groups attached to an aromatic ring is 1. The smallest absolute Gasteiger partial charge is 0.258 e. The molecular weight excluding hydrogens is 316 g/mol. The van der Waals surface area contributed by atoms with Crippen molar-refractivity contribution < 1.29 is 4.79 Å². The monoisotopic (exact) mass is 330 g/mol. The SMILES string of the molecule is Nc1nc2[nH]nc(NC(=O)c3cccnc3)c2cc1-c1ccccc1. The molecule has 0 unspecified atom stereocenters. The summed E-state index contributed by atoms with van der Waals surface area (Å²) in [6.45, 7) is 0. The summed E-state index contributed by atoms with van der Waals surface area (Å²) >= 11 is 0. The van der Waals surface area contributed by atoms with Crippen LogP contribution in [0.25, 0.3) is 22.2 Å². The van der Waals surface area contributed by atoms with Crippen molar-refractivity contribution in [1.82, 2.24) is 20.2 Å². The maximum absolute atomic E-state index is 12.3. The van der Waals surface area contributed by atoms with Crippen molar-refractivity contribution in [3.63, 3.8) is 0 Å². The summed E-state index contributed by atoms with van der Waals surface area (Å²) in [5.74, 6) is 0.501. The van der Waals surface area contributed by atoms with Gasteiger partial charge in [0.1, 0.15) is 5.82 Å². The molecule has 0 aliphatic rings. The number of hydrogen-bond donors (Lipinski definition) is 3. The molecule has 0 spiro atoms. The predicted molar refractivity (Wildman–Crippen MR) is 95.9 cm³/mol. The summed E-state index contributed by atoms with van der Waals surface area (Å²) in [7, 11) is 0. The fourth-order valence-corrected chi connectivity index (χ4v) is 2.58. The van der Waals surface area contributed by atoms with Crippen molar-refractivity contribution in [2.75, 3.05) is 11.1 Å². The van der Waals surface area contributed by atoms with Crippen molar-refractivity contribution in [3.05, 3.63) is 66.5 Å². The Labute approximate surface area is 142 Å². The third kappa shape index (κ3) is 2.78. The highest BCUT2D eigenvalue weighted by molar-refractivity contribution is 6.08. The van der Waals surface area contributed by atoms with E-state index in [0.29, 0.717) is 28.2 Å². The first kappa shape index (κ1) is 14.8. The van der Waals surface area contributed by atoms with Crippen LogP contribution in [0, 0.1) is 0 Å². The molecule has 7 nitrogen and oxygen atoms in total. The number of fused-ring (bicyclic) bond motifs is 1. The maximum Gasteiger partial charge on any atom is 0.258 e. The van der Waals surface area contributed by atoms with E-state index in [1.165, 1.54) is 6.20 Å². The number of amides is 1. The van der Waals surface area contributed by atoms with Gasteiger partial charge in [-0.05, 0) is 23.8 Å². The van der Waals surface area contributed by atoms with Gasteiger partial charge < -0.3 is 11.1 Å². The van der Waals surface area contributed by atoms with Crippen LogP contribution in [0.15, 0.2) is 60.9 Å². The van der Waals surface area contributed by atoms with Crippen LogP contribution in [0.5, 0.6) is 0 Å². The number of H-pyrrole nitrogens is 1. The average molecular weight is 330 g/mol. The minimum absolute atomic E-state index is 0.292. The van der Waals surface area contributed by atoms with Crippen LogP contribution >= 0.6 is 0 Å². The third-order valence-corrected chi connectivity index (χ3v) is 3.82. The van der Waals surface area contributed by atoms with E-state index in [1.807, 2.05) is 36.4 Å². The summed E-state index contributed by atoms with van der Waals surface area (Å²) in [5.41, 5.74) is 8.76. The second-order valence-electron chi connectivity index (χ2n) is 5.45. The van der Waals surface area contributed by atoms with Crippen LogP contribution in [0.3, 0.4) is 0 Å². The molecule has 0 saturated heterocycles. The lowest BCUT2D eigenvalue weighted by atomic mass is 10.1. The molecule has 0 atom stereocenters. The van der Waals surface area contributed by atoms with E-state index in [2.05, 4.69) is 25.5 Å². The topological polar surface area (TPSA) is 110 Å². The second-order valence-corrected chi connectivity index (χ2v) is 5.45. The highest BCUT2D eigenvalue weighted by Gasteiger charge is 2.15. The van der Waals surface area contributed by atoms with E-state index >= 15 is 0 Å². The Morgan fingerprint density at radius 2 is 1.96 bits per heavy atom. The first-order chi connectivity index (χ1) is 12.2. The quantitative estimate of drug-likeness (QED) is 0.535. The number of aromatic amines is 1. The van der Waals surface area contributed by atoms with Crippen molar-refractivity contribution in [2.45, 2.75) is 0 Å². The molecule has 0 radical (unpaired) electrons. The molecule has 3 aromatic heterocycles. The van der Waals surface area contributed by atoms with E-state index in [0.717, 1.165) is 11.1 Å². The summed E-state index contributed by atoms with van der Waals surface area (Å²) < 4.78 is 0. The van der Waals surface area contributed by atoms with Gasteiger partial charge in [-0.3, -0.25) is 14.9 Å². The van der Waals surface area contributed by atoms with E-state index in [-0.39, 0.29) is 5.91 Å². The van der Waals surface area contributed by atoms with Crippen LogP contribution in [0.4, 0.5) is 11.6 Å². The molecule has 0 aliphatic heterocycles. The normalized spacial score (nSPS) is 10.7. The molecule has 1 aromatic carbocycles. The van der Waals surface area contributed by atoms with Crippen LogP contribution in [-0.4, -0.2) is 26.1 Å². The number of aromatic nitrogens is 4. The minimum Gasteiger partial charge on any atom is -0.383 e.